The van der Waals surface area contributed by atoms with Gasteiger partial charge in [-0.1, -0.05) is 6.07 Å². The second kappa shape index (κ2) is 5.15. The monoisotopic (exact) mass is 243 g/mol. The number of halogens is 2. The largest absolute Gasteiger partial charge is 0.314 e. The van der Waals surface area contributed by atoms with Gasteiger partial charge in [-0.15, -0.1) is 11.8 Å². The molecule has 1 N–H and O–H groups in total. The van der Waals surface area contributed by atoms with Crippen LogP contribution in [0.15, 0.2) is 17.0 Å². The average Bonchev–Trinajstić information content (AvgIpc) is 2.78. The summed E-state index contributed by atoms with van der Waals surface area (Å²) in [5.74, 6) is -1.39. The number of benzene rings is 1. The Labute approximate surface area is 98.6 Å². The van der Waals surface area contributed by atoms with E-state index in [9.17, 15) is 8.78 Å². The molecule has 0 amide bonds. The van der Waals surface area contributed by atoms with Crippen molar-refractivity contribution in [1.82, 2.24) is 5.32 Å². The molecule has 1 aliphatic heterocycles. The summed E-state index contributed by atoms with van der Waals surface area (Å²) in [6.07, 6.45) is 4.50. The lowest BCUT2D eigenvalue weighted by atomic mass is 10.0. The van der Waals surface area contributed by atoms with Gasteiger partial charge in [0.15, 0.2) is 11.6 Å². The summed E-state index contributed by atoms with van der Waals surface area (Å²) >= 11 is 1.23. The molecule has 0 saturated carbocycles. The van der Waals surface area contributed by atoms with Crippen molar-refractivity contribution in [2.24, 2.45) is 0 Å². The summed E-state index contributed by atoms with van der Waals surface area (Å²) in [7, 11) is 0. The Balaban J connectivity index is 2.18. The maximum absolute atomic E-state index is 13.7. The average molecular weight is 243 g/mol. The van der Waals surface area contributed by atoms with Crippen molar-refractivity contribution in [3.05, 3.63) is 29.3 Å². The van der Waals surface area contributed by atoms with Gasteiger partial charge in [0, 0.05) is 10.9 Å². The topological polar surface area (TPSA) is 12.0 Å². The minimum Gasteiger partial charge on any atom is -0.314 e. The molecule has 1 aromatic carbocycles. The predicted octanol–water partition coefficient (Wildman–Crippen LogP) is 2.98. The van der Waals surface area contributed by atoms with Gasteiger partial charge in [-0.3, -0.25) is 0 Å². The van der Waals surface area contributed by atoms with E-state index in [4.69, 9.17) is 0 Å². The van der Waals surface area contributed by atoms with Gasteiger partial charge < -0.3 is 5.32 Å². The van der Waals surface area contributed by atoms with Crippen LogP contribution >= 0.6 is 11.8 Å². The molecule has 2 rings (SSSR count). The Morgan fingerprint density at radius 1 is 1.38 bits per heavy atom. The van der Waals surface area contributed by atoms with Crippen LogP contribution in [0.1, 0.15) is 18.4 Å². The van der Waals surface area contributed by atoms with Crippen LogP contribution in [0.5, 0.6) is 0 Å². The van der Waals surface area contributed by atoms with E-state index < -0.39 is 11.6 Å². The second-order valence-corrected chi connectivity index (χ2v) is 4.90. The highest BCUT2D eigenvalue weighted by molar-refractivity contribution is 7.98. The van der Waals surface area contributed by atoms with Crippen molar-refractivity contribution in [1.29, 1.82) is 0 Å². The highest BCUT2D eigenvalue weighted by Gasteiger charge is 2.19. The number of nitrogens with one attached hydrogen (secondary N) is 1. The third-order valence-corrected chi connectivity index (χ3v) is 3.73. The first-order chi connectivity index (χ1) is 7.72. The number of hydrogen-bond donors (Lipinski definition) is 1. The van der Waals surface area contributed by atoms with Gasteiger partial charge in [0.25, 0.3) is 0 Å². The van der Waals surface area contributed by atoms with Crippen LogP contribution < -0.4 is 5.32 Å². The zero-order valence-corrected chi connectivity index (χ0v) is 10.0. The molecule has 0 spiro atoms. The van der Waals surface area contributed by atoms with E-state index in [0.29, 0.717) is 22.9 Å². The molecule has 1 atom stereocenters. The van der Waals surface area contributed by atoms with Crippen LogP contribution in [-0.2, 0) is 6.42 Å². The molecule has 0 aromatic heterocycles. The molecular weight excluding hydrogens is 228 g/mol. The Bertz CT molecular complexity index is 376. The van der Waals surface area contributed by atoms with E-state index in [2.05, 4.69) is 5.32 Å². The predicted molar refractivity (Wildman–Crippen MR) is 62.9 cm³/mol. The van der Waals surface area contributed by atoms with Crippen molar-refractivity contribution >= 4 is 11.8 Å². The van der Waals surface area contributed by atoms with E-state index in [1.165, 1.54) is 11.8 Å². The second-order valence-electron chi connectivity index (χ2n) is 4.05. The van der Waals surface area contributed by atoms with E-state index in [1.54, 1.807) is 18.4 Å². The zero-order chi connectivity index (χ0) is 11.5. The Kier molecular flexibility index (Phi) is 3.82. The quantitative estimate of drug-likeness (QED) is 0.819. The van der Waals surface area contributed by atoms with Gasteiger partial charge in [0.2, 0.25) is 0 Å². The molecule has 1 heterocycles. The fourth-order valence-electron chi connectivity index (χ4n) is 2.08. The van der Waals surface area contributed by atoms with Crippen molar-refractivity contribution in [2.45, 2.75) is 30.2 Å². The molecule has 1 aliphatic rings. The lowest BCUT2D eigenvalue weighted by molar-refractivity contribution is 0.474. The summed E-state index contributed by atoms with van der Waals surface area (Å²) < 4.78 is 27.2. The minimum absolute atomic E-state index is 0.300. The third kappa shape index (κ3) is 2.38. The van der Waals surface area contributed by atoms with Crippen molar-refractivity contribution in [3.63, 3.8) is 0 Å². The van der Waals surface area contributed by atoms with Crippen LogP contribution in [0, 0.1) is 11.6 Å². The number of thioether (sulfide) groups is 1. The summed E-state index contributed by atoms with van der Waals surface area (Å²) in [6.45, 7) is 0.984. The smallest absolute Gasteiger partial charge is 0.172 e. The lowest BCUT2D eigenvalue weighted by Gasteiger charge is -2.12. The van der Waals surface area contributed by atoms with Crippen LogP contribution in [0.2, 0.25) is 0 Å². The first-order valence-electron chi connectivity index (χ1n) is 5.46. The molecule has 88 valence electrons. The summed E-state index contributed by atoms with van der Waals surface area (Å²) in [5, 5.41) is 3.29. The van der Waals surface area contributed by atoms with Gasteiger partial charge in [0.1, 0.15) is 0 Å². The SMILES string of the molecule is CSc1ccc(CC2CCCN2)c(F)c1F. The van der Waals surface area contributed by atoms with Crippen LogP contribution in [0.25, 0.3) is 0 Å². The molecule has 0 bridgehead atoms. The molecule has 16 heavy (non-hydrogen) atoms. The molecule has 1 unspecified atom stereocenters. The Morgan fingerprint density at radius 3 is 2.81 bits per heavy atom. The Morgan fingerprint density at radius 2 is 2.19 bits per heavy atom. The summed E-state index contributed by atoms with van der Waals surface area (Å²) in [4.78, 5) is 0.376. The molecule has 0 aliphatic carbocycles. The standard InChI is InChI=1S/C12H15F2NS/c1-16-10-5-4-8(11(13)12(10)14)7-9-3-2-6-15-9/h4-5,9,15H,2-3,6-7H2,1H3. The van der Waals surface area contributed by atoms with Gasteiger partial charge in [0.05, 0.1) is 0 Å². The van der Waals surface area contributed by atoms with Gasteiger partial charge in [-0.2, -0.15) is 0 Å². The molecular formula is C12H15F2NS. The van der Waals surface area contributed by atoms with E-state index >= 15 is 0 Å². The van der Waals surface area contributed by atoms with Crippen LogP contribution in [0.4, 0.5) is 8.78 Å². The maximum atomic E-state index is 13.7. The normalized spacial score (nSPS) is 20.3. The molecule has 4 heteroatoms. The van der Waals surface area contributed by atoms with Crippen LogP contribution in [-0.4, -0.2) is 18.8 Å². The minimum atomic E-state index is -0.706. The molecule has 1 saturated heterocycles. The highest BCUT2D eigenvalue weighted by atomic mass is 32.2. The maximum Gasteiger partial charge on any atom is 0.172 e. The van der Waals surface area contributed by atoms with E-state index in [1.807, 2.05) is 0 Å². The first kappa shape index (κ1) is 11.9. The highest BCUT2D eigenvalue weighted by Crippen LogP contribution is 2.25. The number of rotatable bonds is 3. The van der Waals surface area contributed by atoms with Gasteiger partial charge in [-0.25, -0.2) is 8.78 Å². The summed E-state index contributed by atoms with van der Waals surface area (Å²) in [6, 6.07) is 3.66. The van der Waals surface area contributed by atoms with Gasteiger partial charge in [-0.05, 0) is 43.7 Å². The van der Waals surface area contributed by atoms with E-state index in [-0.39, 0.29) is 0 Å². The van der Waals surface area contributed by atoms with Crippen LogP contribution in [0.3, 0.4) is 0 Å². The molecule has 1 fully saturated rings. The van der Waals surface area contributed by atoms with E-state index in [0.717, 1.165) is 19.4 Å². The van der Waals surface area contributed by atoms with Gasteiger partial charge >= 0.3 is 0 Å². The fraction of sp³-hybridized carbons (Fsp3) is 0.500. The fourth-order valence-corrected chi connectivity index (χ4v) is 2.56. The third-order valence-electron chi connectivity index (χ3n) is 2.98. The Hall–Kier alpha value is -0.610. The molecule has 1 nitrogen and oxygen atoms in total. The molecule has 1 aromatic rings. The zero-order valence-electron chi connectivity index (χ0n) is 9.22. The first-order valence-corrected chi connectivity index (χ1v) is 6.69. The number of hydrogen-bond acceptors (Lipinski definition) is 2. The van der Waals surface area contributed by atoms with Crippen molar-refractivity contribution in [2.75, 3.05) is 12.8 Å². The lowest BCUT2D eigenvalue weighted by Crippen LogP contribution is -2.24. The summed E-state index contributed by atoms with van der Waals surface area (Å²) in [5.41, 5.74) is 0.481. The van der Waals surface area contributed by atoms with Crippen molar-refractivity contribution < 1.29 is 8.78 Å². The molecule has 0 radical (unpaired) electrons. The van der Waals surface area contributed by atoms with Crippen molar-refractivity contribution in [3.8, 4) is 0 Å².